The second kappa shape index (κ2) is 12.7. The van der Waals surface area contributed by atoms with Crippen molar-refractivity contribution in [3.63, 3.8) is 0 Å². The molecule has 1 aliphatic heterocycles. The molecule has 1 fully saturated rings. The SMILES string of the molecule is CCNC(=NCc1ccc(S(C)(=O)=O)c(C)c1)NCCN1CCCN(C)CC1.I. The van der Waals surface area contributed by atoms with E-state index in [2.05, 4.69) is 32.5 Å². The smallest absolute Gasteiger partial charge is 0.191 e. The van der Waals surface area contributed by atoms with Crippen molar-refractivity contribution in [3.05, 3.63) is 29.3 Å². The van der Waals surface area contributed by atoms with Crippen molar-refractivity contribution in [3.8, 4) is 0 Å². The number of rotatable bonds is 7. The highest BCUT2D eigenvalue weighted by Crippen LogP contribution is 2.17. The maximum absolute atomic E-state index is 11.8. The Hall–Kier alpha value is -0.910. The topological polar surface area (TPSA) is 77.0 Å². The number of hydrogen-bond donors (Lipinski definition) is 2. The van der Waals surface area contributed by atoms with Crippen LogP contribution in [0.1, 0.15) is 24.5 Å². The van der Waals surface area contributed by atoms with E-state index in [1.807, 2.05) is 26.0 Å². The lowest BCUT2D eigenvalue weighted by atomic mass is 10.1. The summed E-state index contributed by atoms with van der Waals surface area (Å²) >= 11 is 0. The molecule has 0 unspecified atom stereocenters. The summed E-state index contributed by atoms with van der Waals surface area (Å²) in [5, 5.41) is 6.68. The fraction of sp³-hybridized carbons (Fsp3) is 0.650. The molecular weight excluding hydrogens is 501 g/mol. The molecule has 0 radical (unpaired) electrons. The number of aliphatic imine (C=N–C) groups is 1. The molecule has 1 aromatic carbocycles. The van der Waals surface area contributed by atoms with Crippen LogP contribution in [-0.4, -0.2) is 83.3 Å². The normalized spacial score (nSPS) is 16.8. The zero-order valence-corrected chi connectivity index (χ0v) is 21.2. The first kappa shape index (κ1) is 26.1. The number of hydrogen-bond acceptors (Lipinski definition) is 5. The van der Waals surface area contributed by atoms with E-state index in [9.17, 15) is 8.42 Å². The lowest BCUT2D eigenvalue weighted by Gasteiger charge is -2.21. The molecule has 2 rings (SSSR count). The minimum atomic E-state index is -3.19. The summed E-state index contributed by atoms with van der Waals surface area (Å²) < 4.78 is 23.5. The molecule has 0 amide bonds. The van der Waals surface area contributed by atoms with Crippen LogP contribution in [0.25, 0.3) is 0 Å². The van der Waals surface area contributed by atoms with Crippen LogP contribution in [0.3, 0.4) is 0 Å². The molecule has 166 valence electrons. The summed E-state index contributed by atoms with van der Waals surface area (Å²) in [6, 6.07) is 5.41. The quantitative estimate of drug-likeness (QED) is 0.314. The monoisotopic (exact) mass is 537 g/mol. The molecular formula is C20H36IN5O2S. The molecule has 0 saturated carbocycles. The van der Waals surface area contributed by atoms with Crippen LogP contribution in [0.4, 0.5) is 0 Å². The van der Waals surface area contributed by atoms with Crippen molar-refractivity contribution in [1.29, 1.82) is 0 Å². The number of aryl methyl sites for hydroxylation is 1. The Morgan fingerprint density at radius 1 is 1.17 bits per heavy atom. The second-order valence-corrected chi connectivity index (χ2v) is 9.48. The third-order valence-corrected chi connectivity index (χ3v) is 6.19. The zero-order chi connectivity index (χ0) is 20.6. The molecule has 2 N–H and O–H groups in total. The van der Waals surface area contributed by atoms with E-state index in [4.69, 9.17) is 0 Å². The molecule has 1 heterocycles. The number of nitrogens with zero attached hydrogens (tertiary/aromatic N) is 3. The van der Waals surface area contributed by atoms with E-state index < -0.39 is 9.84 Å². The van der Waals surface area contributed by atoms with Crippen LogP contribution in [0.5, 0.6) is 0 Å². The van der Waals surface area contributed by atoms with Gasteiger partial charge in [-0.1, -0.05) is 12.1 Å². The minimum Gasteiger partial charge on any atom is -0.357 e. The third kappa shape index (κ3) is 9.18. The number of nitrogens with one attached hydrogen (secondary N) is 2. The number of guanidine groups is 1. The summed E-state index contributed by atoms with van der Waals surface area (Å²) in [7, 11) is -1.00. The summed E-state index contributed by atoms with van der Waals surface area (Å²) in [4.78, 5) is 9.91. The summed E-state index contributed by atoms with van der Waals surface area (Å²) in [5.74, 6) is 0.791. The van der Waals surface area contributed by atoms with Crippen LogP contribution in [0.15, 0.2) is 28.1 Å². The Labute approximate surface area is 193 Å². The summed E-state index contributed by atoms with van der Waals surface area (Å²) in [5.41, 5.74) is 1.76. The van der Waals surface area contributed by atoms with Gasteiger partial charge < -0.3 is 20.4 Å². The van der Waals surface area contributed by atoms with Gasteiger partial charge in [-0.05, 0) is 57.6 Å². The molecule has 1 saturated heterocycles. The van der Waals surface area contributed by atoms with E-state index in [-0.39, 0.29) is 24.0 Å². The molecule has 29 heavy (non-hydrogen) atoms. The predicted molar refractivity (Wildman–Crippen MR) is 131 cm³/mol. The van der Waals surface area contributed by atoms with Gasteiger partial charge in [0.15, 0.2) is 15.8 Å². The zero-order valence-electron chi connectivity index (χ0n) is 18.1. The number of halogens is 1. The first-order chi connectivity index (χ1) is 13.3. The van der Waals surface area contributed by atoms with Crippen molar-refractivity contribution in [1.82, 2.24) is 20.4 Å². The van der Waals surface area contributed by atoms with Crippen LogP contribution < -0.4 is 10.6 Å². The molecule has 0 aliphatic carbocycles. The highest BCUT2D eigenvalue weighted by molar-refractivity contribution is 14.0. The molecule has 9 heteroatoms. The highest BCUT2D eigenvalue weighted by atomic mass is 127. The first-order valence-corrected chi connectivity index (χ1v) is 11.9. The second-order valence-electron chi connectivity index (χ2n) is 7.49. The van der Waals surface area contributed by atoms with Crippen LogP contribution in [0.2, 0.25) is 0 Å². The van der Waals surface area contributed by atoms with Crippen molar-refractivity contribution in [2.24, 2.45) is 4.99 Å². The van der Waals surface area contributed by atoms with Gasteiger partial charge in [-0.3, -0.25) is 0 Å². The average molecular weight is 538 g/mol. The van der Waals surface area contributed by atoms with Crippen molar-refractivity contribution in [2.45, 2.75) is 31.7 Å². The van der Waals surface area contributed by atoms with Gasteiger partial charge in [-0.15, -0.1) is 24.0 Å². The standard InChI is InChI=1S/C20H35N5O2S.HI/c1-5-21-20(22-9-12-25-11-6-10-24(3)13-14-25)23-16-18-7-8-19(17(2)15-18)28(4,26)27;/h7-8,15H,5-6,9-14,16H2,1-4H3,(H2,21,22,23);1H. The predicted octanol–water partition coefficient (Wildman–Crippen LogP) is 1.71. The Morgan fingerprint density at radius 2 is 1.93 bits per heavy atom. The Balaban J connectivity index is 0.00000420. The fourth-order valence-electron chi connectivity index (χ4n) is 3.39. The molecule has 0 atom stereocenters. The maximum Gasteiger partial charge on any atom is 0.191 e. The maximum atomic E-state index is 11.8. The van der Waals surface area contributed by atoms with Gasteiger partial charge in [-0.2, -0.15) is 0 Å². The van der Waals surface area contributed by atoms with Gasteiger partial charge in [-0.25, -0.2) is 13.4 Å². The van der Waals surface area contributed by atoms with Gasteiger partial charge in [0.2, 0.25) is 0 Å². The first-order valence-electron chi connectivity index (χ1n) is 10.0. The third-order valence-electron chi connectivity index (χ3n) is 4.94. The van der Waals surface area contributed by atoms with E-state index >= 15 is 0 Å². The summed E-state index contributed by atoms with van der Waals surface area (Å²) in [6.07, 6.45) is 2.45. The van der Waals surface area contributed by atoms with Gasteiger partial charge in [0, 0.05) is 39.0 Å². The van der Waals surface area contributed by atoms with E-state index in [0.717, 1.165) is 56.4 Å². The van der Waals surface area contributed by atoms with Crippen LogP contribution in [-0.2, 0) is 16.4 Å². The molecule has 1 aromatic rings. The van der Waals surface area contributed by atoms with E-state index in [1.54, 1.807) is 6.07 Å². The Bertz CT molecular complexity index is 770. The number of benzene rings is 1. The number of likely N-dealkylation sites (N-methyl/N-ethyl adjacent to an activating group) is 1. The Morgan fingerprint density at radius 3 is 2.59 bits per heavy atom. The van der Waals surface area contributed by atoms with Gasteiger partial charge in [0.25, 0.3) is 0 Å². The molecule has 0 aromatic heterocycles. The van der Waals surface area contributed by atoms with Gasteiger partial charge in [0.1, 0.15) is 0 Å². The minimum absolute atomic E-state index is 0. The molecule has 0 spiro atoms. The highest BCUT2D eigenvalue weighted by Gasteiger charge is 2.12. The molecule has 7 nitrogen and oxygen atoms in total. The van der Waals surface area contributed by atoms with Gasteiger partial charge in [0.05, 0.1) is 11.4 Å². The molecule has 1 aliphatic rings. The van der Waals surface area contributed by atoms with Crippen molar-refractivity contribution >= 4 is 39.8 Å². The van der Waals surface area contributed by atoms with Crippen LogP contribution in [0, 0.1) is 6.92 Å². The van der Waals surface area contributed by atoms with Crippen LogP contribution >= 0.6 is 24.0 Å². The average Bonchev–Trinajstić information content (AvgIpc) is 2.83. The summed E-state index contributed by atoms with van der Waals surface area (Å²) in [6.45, 7) is 11.6. The number of sulfone groups is 1. The lowest BCUT2D eigenvalue weighted by Crippen LogP contribution is -2.42. The van der Waals surface area contributed by atoms with E-state index in [0.29, 0.717) is 11.4 Å². The molecule has 0 bridgehead atoms. The lowest BCUT2D eigenvalue weighted by molar-refractivity contribution is 0.280. The van der Waals surface area contributed by atoms with E-state index in [1.165, 1.54) is 19.2 Å². The van der Waals surface area contributed by atoms with Crippen molar-refractivity contribution < 1.29 is 8.42 Å². The van der Waals surface area contributed by atoms with Crippen molar-refractivity contribution in [2.75, 3.05) is 59.1 Å². The Kier molecular flexibility index (Phi) is 11.4. The largest absolute Gasteiger partial charge is 0.357 e. The fourth-order valence-corrected chi connectivity index (χ4v) is 4.35. The van der Waals surface area contributed by atoms with Gasteiger partial charge >= 0.3 is 0 Å².